The minimum Gasteiger partial charge on any atom is -0.493 e. The van der Waals surface area contributed by atoms with E-state index in [1.165, 1.54) is 10.9 Å². The van der Waals surface area contributed by atoms with E-state index in [2.05, 4.69) is 26.3 Å². The molecule has 0 aliphatic carbocycles. The fourth-order valence-electron chi connectivity index (χ4n) is 2.37. The number of hydrogen-bond acceptors (Lipinski definition) is 4. The predicted molar refractivity (Wildman–Crippen MR) is 82.1 cm³/mol. The third-order valence-electron chi connectivity index (χ3n) is 3.49. The molecular formula is C14H15BrN4O2. The van der Waals surface area contributed by atoms with Crippen molar-refractivity contribution >= 4 is 27.7 Å². The number of carbonyl (C=O) groups excluding carboxylic acids is 1. The Bertz CT molecular complexity index is 711. The zero-order chi connectivity index (χ0) is 15.0. The molecule has 0 bridgehead atoms. The third kappa shape index (κ3) is 2.61. The molecule has 0 radical (unpaired) electrons. The largest absolute Gasteiger partial charge is 0.493 e. The fraction of sp³-hybridized carbons (Fsp3) is 0.286. The first-order valence-electron chi connectivity index (χ1n) is 6.56. The highest BCUT2D eigenvalue weighted by Crippen LogP contribution is 2.32. The maximum Gasteiger partial charge on any atom is 0.256 e. The number of nitrogen functional groups attached to an aromatic ring is 1. The molecule has 21 heavy (non-hydrogen) atoms. The Balaban J connectivity index is 1.77. The number of fused-ring (bicyclic) bond motifs is 1. The maximum absolute atomic E-state index is 12.1. The molecule has 1 aliphatic heterocycles. The Labute approximate surface area is 130 Å². The summed E-state index contributed by atoms with van der Waals surface area (Å²) in [5.74, 6) is 0.980. The lowest BCUT2D eigenvalue weighted by atomic mass is 10.1. The Morgan fingerprint density at radius 3 is 3.10 bits per heavy atom. The number of nitrogens with zero attached hydrogens (tertiary/aromatic N) is 2. The van der Waals surface area contributed by atoms with E-state index in [1.54, 1.807) is 7.05 Å². The smallest absolute Gasteiger partial charge is 0.256 e. The van der Waals surface area contributed by atoms with Gasteiger partial charge in [-0.25, -0.2) is 0 Å². The molecule has 2 heterocycles. The first kappa shape index (κ1) is 13.9. The molecule has 3 N–H and O–H groups in total. The molecule has 7 heteroatoms. The summed E-state index contributed by atoms with van der Waals surface area (Å²) >= 11 is 3.48. The number of hydrogen-bond donors (Lipinski definition) is 2. The molecule has 110 valence electrons. The van der Waals surface area contributed by atoms with Crippen molar-refractivity contribution in [2.45, 2.75) is 13.0 Å². The van der Waals surface area contributed by atoms with E-state index in [0.717, 1.165) is 27.8 Å². The van der Waals surface area contributed by atoms with E-state index in [1.807, 2.05) is 12.1 Å². The van der Waals surface area contributed by atoms with E-state index >= 15 is 0 Å². The fourth-order valence-corrected chi connectivity index (χ4v) is 2.92. The van der Waals surface area contributed by atoms with Crippen molar-refractivity contribution < 1.29 is 9.53 Å². The second-order valence-electron chi connectivity index (χ2n) is 4.90. The van der Waals surface area contributed by atoms with Crippen LogP contribution < -0.4 is 15.8 Å². The van der Waals surface area contributed by atoms with E-state index in [4.69, 9.17) is 10.5 Å². The summed E-state index contributed by atoms with van der Waals surface area (Å²) in [6.07, 6.45) is 2.36. The van der Waals surface area contributed by atoms with Gasteiger partial charge in [0.2, 0.25) is 0 Å². The maximum atomic E-state index is 12.1. The van der Waals surface area contributed by atoms with Crippen molar-refractivity contribution in [3.63, 3.8) is 0 Å². The van der Waals surface area contributed by atoms with Gasteiger partial charge < -0.3 is 15.8 Å². The molecule has 1 amide bonds. The van der Waals surface area contributed by atoms with Crippen LogP contribution >= 0.6 is 15.9 Å². The van der Waals surface area contributed by atoms with Gasteiger partial charge in [-0.3, -0.25) is 9.48 Å². The van der Waals surface area contributed by atoms with Crippen molar-refractivity contribution in [3.8, 4) is 5.75 Å². The Morgan fingerprint density at radius 1 is 1.57 bits per heavy atom. The Hall–Kier alpha value is -2.02. The summed E-state index contributed by atoms with van der Waals surface area (Å²) in [6, 6.07) is 4.00. The van der Waals surface area contributed by atoms with Gasteiger partial charge in [0.1, 0.15) is 17.1 Å². The normalized spacial score (nSPS) is 12.9. The number of halogens is 1. The number of nitrogens with two attached hydrogens (primary N) is 1. The molecule has 0 unspecified atom stereocenters. The van der Waals surface area contributed by atoms with Crippen LogP contribution in [-0.4, -0.2) is 22.3 Å². The van der Waals surface area contributed by atoms with Gasteiger partial charge in [-0.1, -0.05) is 15.9 Å². The van der Waals surface area contributed by atoms with Gasteiger partial charge in [0.15, 0.2) is 0 Å². The molecule has 1 aromatic heterocycles. The van der Waals surface area contributed by atoms with E-state index in [0.29, 0.717) is 24.5 Å². The molecule has 1 aromatic carbocycles. The van der Waals surface area contributed by atoms with E-state index < -0.39 is 0 Å². The van der Waals surface area contributed by atoms with Gasteiger partial charge in [-0.2, -0.15) is 5.10 Å². The van der Waals surface area contributed by atoms with Crippen molar-refractivity contribution in [1.29, 1.82) is 0 Å². The highest BCUT2D eigenvalue weighted by atomic mass is 79.9. The average Bonchev–Trinajstić information content (AvgIpc) is 3.04. The van der Waals surface area contributed by atoms with Crippen molar-refractivity contribution in [2.24, 2.45) is 7.05 Å². The Morgan fingerprint density at radius 2 is 2.38 bits per heavy atom. The lowest BCUT2D eigenvalue weighted by Gasteiger charge is -2.10. The lowest BCUT2D eigenvalue weighted by molar-refractivity contribution is 0.0951. The van der Waals surface area contributed by atoms with Crippen LogP contribution in [0.1, 0.15) is 21.5 Å². The SMILES string of the molecule is Cn1ncc(C(=O)NCc2cc(Br)cc3c2OCC3)c1N. The van der Waals surface area contributed by atoms with Crippen LogP contribution in [0.15, 0.2) is 22.8 Å². The van der Waals surface area contributed by atoms with Crippen LogP contribution in [0.25, 0.3) is 0 Å². The van der Waals surface area contributed by atoms with Gasteiger partial charge in [0.05, 0.1) is 12.8 Å². The van der Waals surface area contributed by atoms with Crippen molar-refractivity contribution in [1.82, 2.24) is 15.1 Å². The quantitative estimate of drug-likeness (QED) is 0.881. The highest BCUT2D eigenvalue weighted by Gasteiger charge is 2.19. The summed E-state index contributed by atoms with van der Waals surface area (Å²) in [5, 5.41) is 6.82. The zero-order valence-corrected chi connectivity index (χ0v) is 13.1. The zero-order valence-electron chi connectivity index (χ0n) is 11.5. The van der Waals surface area contributed by atoms with Gasteiger partial charge in [-0.05, 0) is 17.7 Å². The number of anilines is 1. The minimum absolute atomic E-state index is 0.243. The number of aromatic nitrogens is 2. The van der Waals surface area contributed by atoms with Gasteiger partial charge >= 0.3 is 0 Å². The second kappa shape index (κ2) is 5.40. The first-order chi connectivity index (χ1) is 10.1. The first-order valence-corrected chi connectivity index (χ1v) is 7.35. The molecule has 0 atom stereocenters. The van der Waals surface area contributed by atoms with Crippen LogP contribution in [0.4, 0.5) is 5.82 Å². The van der Waals surface area contributed by atoms with E-state index in [-0.39, 0.29) is 5.91 Å². The monoisotopic (exact) mass is 350 g/mol. The molecule has 0 spiro atoms. The summed E-state index contributed by atoms with van der Waals surface area (Å²) in [6.45, 7) is 1.07. The molecule has 3 rings (SSSR count). The number of aryl methyl sites for hydroxylation is 1. The molecule has 1 aliphatic rings. The summed E-state index contributed by atoms with van der Waals surface area (Å²) in [7, 11) is 1.70. The summed E-state index contributed by atoms with van der Waals surface area (Å²) in [5.41, 5.74) is 8.29. The third-order valence-corrected chi connectivity index (χ3v) is 3.95. The average molecular weight is 351 g/mol. The summed E-state index contributed by atoms with van der Waals surface area (Å²) < 4.78 is 8.09. The molecule has 0 saturated heterocycles. The predicted octanol–water partition coefficient (Wildman–Crippen LogP) is 1.63. The van der Waals surface area contributed by atoms with Crippen molar-refractivity contribution in [2.75, 3.05) is 12.3 Å². The molecule has 0 saturated carbocycles. The van der Waals surface area contributed by atoms with Gasteiger partial charge in [0, 0.05) is 30.0 Å². The highest BCUT2D eigenvalue weighted by molar-refractivity contribution is 9.10. The van der Waals surface area contributed by atoms with Gasteiger partial charge in [-0.15, -0.1) is 0 Å². The molecule has 2 aromatic rings. The standard InChI is InChI=1S/C14H15BrN4O2/c1-19-13(16)11(7-18-19)14(20)17-6-9-5-10(15)4-8-2-3-21-12(8)9/h4-5,7H,2-3,6,16H2,1H3,(H,17,20). The van der Waals surface area contributed by atoms with Crippen LogP contribution in [0.5, 0.6) is 5.75 Å². The van der Waals surface area contributed by atoms with E-state index in [9.17, 15) is 4.79 Å². The number of benzene rings is 1. The van der Waals surface area contributed by atoms with Gasteiger partial charge in [0.25, 0.3) is 5.91 Å². The Kier molecular flexibility index (Phi) is 3.59. The second-order valence-corrected chi connectivity index (χ2v) is 5.82. The number of nitrogens with one attached hydrogen (secondary N) is 1. The summed E-state index contributed by atoms with van der Waals surface area (Å²) in [4.78, 5) is 12.1. The number of amides is 1. The van der Waals surface area contributed by atoms with Crippen LogP contribution in [0, 0.1) is 0 Å². The lowest BCUT2D eigenvalue weighted by Crippen LogP contribution is -2.23. The number of ether oxygens (including phenoxy) is 1. The van der Waals surface area contributed by atoms with Crippen LogP contribution in [0.3, 0.4) is 0 Å². The van der Waals surface area contributed by atoms with Crippen LogP contribution in [0.2, 0.25) is 0 Å². The minimum atomic E-state index is -0.243. The number of carbonyl (C=O) groups is 1. The molecule has 6 nitrogen and oxygen atoms in total. The van der Waals surface area contributed by atoms with Crippen LogP contribution in [-0.2, 0) is 20.0 Å². The number of rotatable bonds is 3. The van der Waals surface area contributed by atoms with Crippen molar-refractivity contribution in [3.05, 3.63) is 39.5 Å². The topological polar surface area (TPSA) is 82.2 Å². The molecular weight excluding hydrogens is 336 g/mol. The molecule has 0 fully saturated rings.